The standard InChI is InChI=1S/C39H25N5/c1-2-10-29(11-3-1)43-23-21-28-24-32-30-12-5-7-16-35(30)44(37(32)25-36(28)43)39-41-34-15-6-4-13-31(34)38(42-39)27-19-17-26(18-20-27)33-14-8-9-22-40-33/h1-25H. The Bertz CT molecular complexity index is 2470. The topological polar surface area (TPSA) is 48.5 Å². The van der Waals surface area contributed by atoms with Crippen molar-refractivity contribution in [1.29, 1.82) is 0 Å². The molecule has 5 heteroatoms. The van der Waals surface area contributed by atoms with Crippen LogP contribution in [0.15, 0.2) is 152 Å². The van der Waals surface area contributed by atoms with E-state index in [1.165, 1.54) is 16.2 Å². The molecule has 9 aromatic rings. The third-order valence-electron chi connectivity index (χ3n) is 8.43. The fraction of sp³-hybridized carbons (Fsp3) is 0. The van der Waals surface area contributed by atoms with Crippen LogP contribution in [0.1, 0.15) is 0 Å². The Morgan fingerprint density at radius 2 is 1.25 bits per heavy atom. The Labute approximate surface area is 253 Å². The molecular weight excluding hydrogens is 538 g/mol. The zero-order chi connectivity index (χ0) is 29.0. The quantitative estimate of drug-likeness (QED) is 0.214. The van der Waals surface area contributed by atoms with E-state index in [1.54, 1.807) is 0 Å². The van der Waals surface area contributed by atoms with Crippen molar-refractivity contribution in [3.05, 3.63) is 152 Å². The van der Waals surface area contributed by atoms with E-state index in [4.69, 9.17) is 9.97 Å². The van der Waals surface area contributed by atoms with Crippen LogP contribution in [0, 0.1) is 0 Å². The Morgan fingerprint density at radius 3 is 2.09 bits per heavy atom. The van der Waals surface area contributed by atoms with Gasteiger partial charge in [0.2, 0.25) is 5.95 Å². The molecule has 4 heterocycles. The van der Waals surface area contributed by atoms with Crippen molar-refractivity contribution < 1.29 is 0 Å². The molecule has 0 saturated heterocycles. The molecule has 0 atom stereocenters. The summed E-state index contributed by atoms with van der Waals surface area (Å²) in [5, 5.41) is 4.56. The van der Waals surface area contributed by atoms with Gasteiger partial charge in [-0.2, -0.15) is 0 Å². The molecule has 5 aromatic carbocycles. The van der Waals surface area contributed by atoms with Crippen LogP contribution in [0.25, 0.3) is 77.8 Å². The maximum Gasteiger partial charge on any atom is 0.235 e. The van der Waals surface area contributed by atoms with Gasteiger partial charge in [-0.3, -0.25) is 9.55 Å². The molecule has 0 N–H and O–H groups in total. The van der Waals surface area contributed by atoms with E-state index in [0.717, 1.165) is 55.7 Å². The molecule has 0 radical (unpaired) electrons. The van der Waals surface area contributed by atoms with Crippen LogP contribution in [0.5, 0.6) is 0 Å². The third kappa shape index (κ3) is 3.83. The van der Waals surface area contributed by atoms with Crippen molar-refractivity contribution in [3.63, 3.8) is 0 Å². The molecule has 0 amide bonds. The van der Waals surface area contributed by atoms with Gasteiger partial charge < -0.3 is 4.57 Å². The van der Waals surface area contributed by atoms with Crippen molar-refractivity contribution in [3.8, 4) is 34.2 Å². The summed E-state index contributed by atoms with van der Waals surface area (Å²) in [5.74, 6) is 0.649. The summed E-state index contributed by atoms with van der Waals surface area (Å²) in [6, 6.07) is 48.5. The van der Waals surface area contributed by atoms with Gasteiger partial charge in [0, 0.05) is 50.8 Å². The molecule has 0 saturated carbocycles. The van der Waals surface area contributed by atoms with Gasteiger partial charge >= 0.3 is 0 Å². The number of pyridine rings is 1. The fourth-order valence-corrected chi connectivity index (χ4v) is 6.34. The first-order valence-electron chi connectivity index (χ1n) is 14.7. The van der Waals surface area contributed by atoms with E-state index in [0.29, 0.717) is 5.95 Å². The monoisotopic (exact) mass is 563 g/mol. The van der Waals surface area contributed by atoms with Crippen molar-refractivity contribution in [1.82, 2.24) is 24.1 Å². The molecule has 0 aliphatic carbocycles. The third-order valence-corrected chi connectivity index (χ3v) is 8.43. The van der Waals surface area contributed by atoms with Gasteiger partial charge in [0.05, 0.1) is 33.5 Å². The molecule has 206 valence electrons. The number of para-hydroxylation sites is 3. The minimum absolute atomic E-state index is 0.649. The van der Waals surface area contributed by atoms with Crippen LogP contribution < -0.4 is 0 Å². The maximum atomic E-state index is 5.29. The molecule has 0 unspecified atom stereocenters. The summed E-state index contributed by atoms with van der Waals surface area (Å²) >= 11 is 0. The zero-order valence-corrected chi connectivity index (χ0v) is 23.7. The van der Waals surface area contributed by atoms with E-state index < -0.39 is 0 Å². The predicted octanol–water partition coefficient (Wildman–Crippen LogP) is 9.40. The number of nitrogens with zero attached hydrogens (tertiary/aromatic N) is 5. The van der Waals surface area contributed by atoms with Crippen LogP contribution in [0.3, 0.4) is 0 Å². The Balaban J connectivity index is 1.30. The van der Waals surface area contributed by atoms with E-state index in [-0.39, 0.29) is 0 Å². The summed E-state index contributed by atoms with van der Waals surface area (Å²) < 4.78 is 4.46. The van der Waals surface area contributed by atoms with Gasteiger partial charge in [-0.25, -0.2) is 9.97 Å². The Kier molecular flexibility index (Phi) is 5.43. The lowest BCUT2D eigenvalue weighted by Gasteiger charge is -2.12. The summed E-state index contributed by atoms with van der Waals surface area (Å²) in [7, 11) is 0. The number of fused-ring (bicyclic) bond motifs is 5. The van der Waals surface area contributed by atoms with Gasteiger partial charge in [0.15, 0.2) is 0 Å². The highest BCUT2D eigenvalue weighted by Crippen LogP contribution is 2.36. The molecule has 4 aromatic heterocycles. The number of hydrogen-bond acceptors (Lipinski definition) is 3. The van der Waals surface area contributed by atoms with Crippen LogP contribution in [-0.4, -0.2) is 24.1 Å². The van der Waals surface area contributed by atoms with Crippen molar-refractivity contribution in [2.24, 2.45) is 0 Å². The second-order valence-electron chi connectivity index (χ2n) is 11.0. The van der Waals surface area contributed by atoms with Crippen LogP contribution in [0.4, 0.5) is 0 Å². The molecule has 44 heavy (non-hydrogen) atoms. The van der Waals surface area contributed by atoms with Gasteiger partial charge in [-0.1, -0.05) is 84.9 Å². The first kappa shape index (κ1) is 24.5. The maximum absolute atomic E-state index is 5.29. The van der Waals surface area contributed by atoms with Crippen molar-refractivity contribution >= 4 is 43.6 Å². The van der Waals surface area contributed by atoms with Crippen LogP contribution in [-0.2, 0) is 0 Å². The molecule has 0 fully saturated rings. The normalized spacial score (nSPS) is 11.6. The highest BCUT2D eigenvalue weighted by molar-refractivity contribution is 6.13. The Morgan fingerprint density at radius 1 is 0.500 bits per heavy atom. The highest BCUT2D eigenvalue weighted by atomic mass is 15.2. The van der Waals surface area contributed by atoms with Gasteiger partial charge in [-0.05, 0) is 54.6 Å². The average molecular weight is 564 g/mol. The van der Waals surface area contributed by atoms with Crippen molar-refractivity contribution in [2.75, 3.05) is 0 Å². The molecule has 0 aliphatic heterocycles. The predicted molar refractivity (Wildman–Crippen MR) is 179 cm³/mol. The van der Waals surface area contributed by atoms with Gasteiger partial charge in [0.1, 0.15) is 0 Å². The fourth-order valence-electron chi connectivity index (χ4n) is 6.34. The Hall–Kier alpha value is -6.07. The molecule has 0 bridgehead atoms. The van der Waals surface area contributed by atoms with E-state index in [2.05, 4.69) is 123 Å². The number of rotatable bonds is 4. The first-order chi connectivity index (χ1) is 21.8. The number of aromatic nitrogens is 5. The SMILES string of the molecule is c1ccc(-n2ccc3cc4c5ccccc5n(-c5nc(-c6ccc(-c7ccccn7)cc6)c6ccccc6n5)c4cc32)cc1. The summed E-state index contributed by atoms with van der Waals surface area (Å²) in [6.07, 6.45) is 3.97. The molecule has 0 aliphatic rings. The van der Waals surface area contributed by atoms with E-state index >= 15 is 0 Å². The summed E-state index contributed by atoms with van der Waals surface area (Å²) in [5.41, 5.74) is 9.27. The van der Waals surface area contributed by atoms with E-state index in [9.17, 15) is 0 Å². The first-order valence-corrected chi connectivity index (χ1v) is 14.7. The second-order valence-corrected chi connectivity index (χ2v) is 11.0. The van der Waals surface area contributed by atoms with Gasteiger partial charge in [0.25, 0.3) is 0 Å². The van der Waals surface area contributed by atoms with Crippen molar-refractivity contribution in [2.45, 2.75) is 0 Å². The molecule has 9 rings (SSSR count). The van der Waals surface area contributed by atoms with Crippen LogP contribution >= 0.6 is 0 Å². The lowest BCUT2D eigenvalue weighted by molar-refractivity contribution is 1.01. The minimum Gasteiger partial charge on any atom is -0.316 e. The minimum atomic E-state index is 0.649. The second kappa shape index (κ2) is 9.75. The largest absolute Gasteiger partial charge is 0.316 e. The summed E-state index contributed by atoms with van der Waals surface area (Å²) in [4.78, 5) is 15.0. The number of benzene rings is 5. The molecular formula is C39H25N5. The number of hydrogen-bond donors (Lipinski definition) is 0. The lowest BCUT2D eigenvalue weighted by atomic mass is 10.0. The molecule has 5 nitrogen and oxygen atoms in total. The van der Waals surface area contributed by atoms with E-state index in [1.807, 2.05) is 42.6 Å². The zero-order valence-electron chi connectivity index (χ0n) is 23.7. The summed E-state index contributed by atoms with van der Waals surface area (Å²) in [6.45, 7) is 0. The van der Waals surface area contributed by atoms with Gasteiger partial charge in [-0.15, -0.1) is 0 Å². The lowest BCUT2D eigenvalue weighted by Crippen LogP contribution is -2.03. The molecule has 0 spiro atoms. The van der Waals surface area contributed by atoms with Crippen LogP contribution in [0.2, 0.25) is 0 Å². The average Bonchev–Trinajstić information content (AvgIpc) is 3.66. The smallest absolute Gasteiger partial charge is 0.235 e. The highest BCUT2D eigenvalue weighted by Gasteiger charge is 2.19.